The summed E-state index contributed by atoms with van der Waals surface area (Å²) in [5.74, 6) is -0.772. The Morgan fingerprint density at radius 2 is 1.67 bits per heavy atom. The van der Waals surface area contributed by atoms with Crippen molar-refractivity contribution in [2.24, 2.45) is 0 Å². The Labute approximate surface area is 134 Å². The molecule has 0 aliphatic rings. The van der Waals surface area contributed by atoms with E-state index in [1.54, 1.807) is 0 Å². The van der Waals surface area contributed by atoms with Gasteiger partial charge in [-0.1, -0.05) is 58.4 Å². The number of halogens is 1. The van der Waals surface area contributed by atoms with Gasteiger partial charge in [0.25, 0.3) is 0 Å². The van der Waals surface area contributed by atoms with Crippen molar-refractivity contribution in [3.63, 3.8) is 0 Å². The Kier molecular flexibility index (Phi) is 5.70. The number of hydrogen-bond donors (Lipinski definition) is 1. The van der Waals surface area contributed by atoms with Gasteiger partial charge in [-0.2, -0.15) is 0 Å². The lowest BCUT2D eigenvalue weighted by atomic mass is 10.1. The fourth-order valence-electron chi connectivity index (χ4n) is 1.97. The monoisotopic (exact) mass is 366 g/mol. The van der Waals surface area contributed by atoms with Gasteiger partial charge in [0, 0.05) is 21.0 Å². The third-order valence-electron chi connectivity index (χ3n) is 3.08. The average Bonchev–Trinajstić information content (AvgIpc) is 2.48. The van der Waals surface area contributed by atoms with Crippen LogP contribution in [0.15, 0.2) is 59.1 Å². The molecule has 0 saturated heterocycles. The molecule has 3 nitrogen and oxygen atoms in total. The summed E-state index contributed by atoms with van der Waals surface area (Å²) in [4.78, 5) is 11.4. The summed E-state index contributed by atoms with van der Waals surface area (Å²) in [5, 5.41) is 8.43. The zero-order valence-corrected chi connectivity index (χ0v) is 13.6. The van der Waals surface area contributed by atoms with Gasteiger partial charge in [-0.3, -0.25) is 9.00 Å². The van der Waals surface area contributed by atoms with Crippen LogP contribution in [0.2, 0.25) is 0 Å². The van der Waals surface area contributed by atoms with Crippen LogP contribution in [0.4, 0.5) is 0 Å². The van der Waals surface area contributed by atoms with Crippen molar-refractivity contribution in [3.8, 4) is 0 Å². The van der Waals surface area contributed by atoms with E-state index < -0.39 is 22.0 Å². The first-order valence-corrected chi connectivity index (χ1v) is 8.62. The van der Waals surface area contributed by atoms with Crippen molar-refractivity contribution in [2.75, 3.05) is 0 Å². The maximum atomic E-state index is 12.4. The minimum absolute atomic E-state index is 0.247. The van der Waals surface area contributed by atoms with Crippen molar-refractivity contribution >= 4 is 32.7 Å². The van der Waals surface area contributed by atoms with E-state index in [2.05, 4.69) is 15.9 Å². The molecule has 2 aromatic rings. The number of carboxylic acid groups (broad SMARTS) is 1. The Balaban J connectivity index is 2.09. The van der Waals surface area contributed by atoms with Crippen LogP contribution < -0.4 is 0 Å². The third-order valence-corrected chi connectivity index (χ3v) is 5.23. The van der Waals surface area contributed by atoms with Gasteiger partial charge in [-0.25, -0.2) is 0 Å². The van der Waals surface area contributed by atoms with E-state index >= 15 is 0 Å². The first-order valence-electron chi connectivity index (χ1n) is 6.44. The molecule has 0 bridgehead atoms. The Morgan fingerprint density at radius 3 is 2.24 bits per heavy atom. The Morgan fingerprint density at radius 1 is 1.05 bits per heavy atom. The van der Waals surface area contributed by atoms with E-state index in [-0.39, 0.29) is 12.2 Å². The third kappa shape index (κ3) is 4.79. The molecule has 2 atom stereocenters. The second kappa shape index (κ2) is 7.52. The van der Waals surface area contributed by atoms with Crippen LogP contribution in [0.3, 0.4) is 0 Å². The minimum atomic E-state index is -1.46. The fourth-order valence-corrected chi connectivity index (χ4v) is 3.56. The summed E-state index contributed by atoms with van der Waals surface area (Å²) in [6, 6.07) is 16.7. The van der Waals surface area contributed by atoms with Gasteiger partial charge < -0.3 is 5.11 Å². The summed E-state index contributed by atoms with van der Waals surface area (Å²) in [5.41, 5.74) is 1.75. The molecule has 0 aliphatic heterocycles. The SMILES string of the molecule is O=C(O)C(Cc1ccccc1)S(=O)Cc1ccc(Br)cc1. The van der Waals surface area contributed by atoms with E-state index in [0.717, 1.165) is 15.6 Å². The highest BCUT2D eigenvalue weighted by Gasteiger charge is 2.25. The van der Waals surface area contributed by atoms with Crippen molar-refractivity contribution in [1.82, 2.24) is 0 Å². The van der Waals surface area contributed by atoms with Crippen LogP contribution in [0.25, 0.3) is 0 Å². The molecule has 0 fully saturated rings. The normalized spacial score (nSPS) is 13.6. The molecule has 0 saturated carbocycles. The predicted molar refractivity (Wildman–Crippen MR) is 87.6 cm³/mol. The van der Waals surface area contributed by atoms with Gasteiger partial charge in [-0.05, 0) is 29.7 Å². The van der Waals surface area contributed by atoms with E-state index in [1.807, 2.05) is 54.6 Å². The second-order valence-corrected chi connectivity index (χ2v) is 7.20. The molecule has 0 aliphatic carbocycles. The number of carbonyl (C=O) groups is 1. The predicted octanol–water partition coefficient (Wildman–Crippen LogP) is 3.39. The van der Waals surface area contributed by atoms with E-state index in [1.165, 1.54) is 0 Å². The van der Waals surface area contributed by atoms with Crippen LogP contribution in [0.5, 0.6) is 0 Å². The summed E-state index contributed by atoms with van der Waals surface area (Å²) < 4.78 is 13.3. The number of benzene rings is 2. The van der Waals surface area contributed by atoms with Crippen LogP contribution >= 0.6 is 15.9 Å². The standard InChI is InChI=1S/C16H15BrO3S/c17-14-8-6-13(7-9-14)11-21(20)15(16(18)19)10-12-4-2-1-3-5-12/h1-9,15H,10-11H2,(H,18,19). The van der Waals surface area contributed by atoms with Gasteiger partial charge in [0.05, 0.1) is 0 Å². The van der Waals surface area contributed by atoms with Crippen LogP contribution in [-0.4, -0.2) is 20.5 Å². The molecule has 2 rings (SSSR count). The lowest BCUT2D eigenvalue weighted by Gasteiger charge is -2.12. The van der Waals surface area contributed by atoms with Gasteiger partial charge in [-0.15, -0.1) is 0 Å². The van der Waals surface area contributed by atoms with E-state index in [0.29, 0.717) is 0 Å². The Hall–Kier alpha value is -1.46. The summed E-state index contributed by atoms with van der Waals surface area (Å²) in [7, 11) is -1.46. The highest BCUT2D eigenvalue weighted by atomic mass is 79.9. The number of rotatable bonds is 6. The van der Waals surface area contributed by atoms with Crippen molar-refractivity contribution < 1.29 is 14.1 Å². The summed E-state index contributed by atoms with van der Waals surface area (Å²) in [6.07, 6.45) is 0.277. The molecule has 0 radical (unpaired) electrons. The maximum Gasteiger partial charge on any atom is 0.319 e. The molecular weight excluding hydrogens is 352 g/mol. The summed E-state index contributed by atoms with van der Waals surface area (Å²) >= 11 is 3.34. The zero-order chi connectivity index (χ0) is 15.2. The van der Waals surface area contributed by atoms with E-state index in [9.17, 15) is 14.1 Å². The van der Waals surface area contributed by atoms with Gasteiger partial charge >= 0.3 is 5.97 Å². The maximum absolute atomic E-state index is 12.4. The fraction of sp³-hybridized carbons (Fsp3) is 0.188. The van der Waals surface area contributed by atoms with E-state index in [4.69, 9.17) is 0 Å². The van der Waals surface area contributed by atoms with Crippen LogP contribution in [0, 0.1) is 0 Å². The van der Waals surface area contributed by atoms with Crippen LogP contribution in [0.1, 0.15) is 11.1 Å². The average molecular weight is 367 g/mol. The van der Waals surface area contributed by atoms with Gasteiger partial charge in [0.15, 0.2) is 0 Å². The number of aliphatic carboxylic acids is 1. The molecule has 2 unspecified atom stereocenters. The van der Waals surface area contributed by atoms with Gasteiger partial charge in [0.1, 0.15) is 5.25 Å². The number of carboxylic acids is 1. The second-order valence-electron chi connectivity index (χ2n) is 4.67. The molecule has 0 heterocycles. The van der Waals surface area contributed by atoms with Crippen molar-refractivity contribution in [3.05, 3.63) is 70.2 Å². The minimum Gasteiger partial charge on any atom is -0.480 e. The van der Waals surface area contributed by atoms with Crippen molar-refractivity contribution in [1.29, 1.82) is 0 Å². The number of hydrogen-bond acceptors (Lipinski definition) is 2. The summed E-state index contributed by atoms with van der Waals surface area (Å²) in [6.45, 7) is 0. The first kappa shape index (κ1) is 15.9. The van der Waals surface area contributed by atoms with Crippen LogP contribution in [-0.2, 0) is 27.8 Å². The zero-order valence-electron chi connectivity index (χ0n) is 11.2. The highest BCUT2D eigenvalue weighted by molar-refractivity contribution is 9.10. The molecule has 0 aromatic heterocycles. The molecule has 0 amide bonds. The van der Waals surface area contributed by atoms with Gasteiger partial charge in [0.2, 0.25) is 0 Å². The molecule has 110 valence electrons. The first-order chi connectivity index (χ1) is 10.1. The molecule has 2 aromatic carbocycles. The quantitative estimate of drug-likeness (QED) is 0.852. The molecular formula is C16H15BrO3S. The molecule has 0 spiro atoms. The van der Waals surface area contributed by atoms with Crippen molar-refractivity contribution in [2.45, 2.75) is 17.4 Å². The smallest absolute Gasteiger partial charge is 0.319 e. The molecule has 1 N–H and O–H groups in total. The largest absolute Gasteiger partial charge is 0.480 e. The molecule has 5 heteroatoms. The lowest BCUT2D eigenvalue weighted by Crippen LogP contribution is -2.29. The highest BCUT2D eigenvalue weighted by Crippen LogP contribution is 2.15. The lowest BCUT2D eigenvalue weighted by molar-refractivity contribution is -0.136. The molecule has 21 heavy (non-hydrogen) atoms. The Bertz CT molecular complexity index is 626. The topological polar surface area (TPSA) is 54.4 Å².